The summed E-state index contributed by atoms with van der Waals surface area (Å²) >= 11 is 0. The molecule has 0 aromatic heterocycles. The van der Waals surface area contributed by atoms with Crippen LogP contribution >= 0.6 is 0 Å². The van der Waals surface area contributed by atoms with Crippen LogP contribution in [0.5, 0.6) is 11.5 Å². The second-order valence-electron chi connectivity index (χ2n) is 5.64. The number of aromatic hydroxyl groups is 1. The molecule has 0 spiro atoms. The normalized spacial score (nSPS) is 31.2. The van der Waals surface area contributed by atoms with Crippen molar-refractivity contribution in [2.45, 2.75) is 17.4 Å². The van der Waals surface area contributed by atoms with Crippen LogP contribution in [0.25, 0.3) is 0 Å². The summed E-state index contributed by atoms with van der Waals surface area (Å²) in [7, 11) is 3.66. The van der Waals surface area contributed by atoms with Crippen molar-refractivity contribution in [2.24, 2.45) is 0 Å². The number of fused-ring (bicyclic) bond motifs is 1. The van der Waals surface area contributed by atoms with E-state index in [0.717, 1.165) is 0 Å². The predicted octanol–water partition coefficient (Wildman–Crippen LogP) is 1.41. The van der Waals surface area contributed by atoms with Gasteiger partial charge in [-0.1, -0.05) is 36.4 Å². The molecule has 0 aliphatic carbocycles. The van der Waals surface area contributed by atoms with Crippen molar-refractivity contribution in [3.05, 3.63) is 59.7 Å². The van der Waals surface area contributed by atoms with Crippen molar-refractivity contribution in [1.82, 2.24) is 0 Å². The molecule has 0 radical (unpaired) electrons. The third-order valence-corrected chi connectivity index (χ3v) is 4.53. The zero-order valence-corrected chi connectivity index (χ0v) is 14.1. The number of ether oxygens (including phenoxy) is 4. The fraction of sp³-hybridized carbons (Fsp3) is 0.333. The summed E-state index contributed by atoms with van der Waals surface area (Å²) in [6.45, 7) is 0. The van der Waals surface area contributed by atoms with Crippen LogP contribution in [-0.2, 0) is 25.8 Å². The molecular weight excluding hydrogens is 328 g/mol. The predicted molar refractivity (Wildman–Crippen MR) is 86.7 cm³/mol. The molecule has 2 aromatic carbocycles. The minimum atomic E-state index is -2.54. The maximum Gasteiger partial charge on any atom is 0.298 e. The molecule has 3 atom stereocenters. The zero-order chi connectivity index (χ0) is 18.3. The van der Waals surface area contributed by atoms with Gasteiger partial charge >= 0.3 is 0 Å². The average Bonchev–Trinajstić information content (AvgIpc) is 2.65. The quantitative estimate of drug-likeness (QED) is 0.719. The smallest absolute Gasteiger partial charge is 0.298 e. The lowest BCUT2D eigenvalue weighted by atomic mass is 9.82. The highest BCUT2D eigenvalue weighted by molar-refractivity contribution is 5.51. The molecule has 0 fully saturated rings. The van der Waals surface area contributed by atoms with Gasteiger partial charge in [0, 0.05) is 26.9 Å². The third-order valence-electron chi connectivity index (χ3n) is 4.53. The molecule has 3 N–H and O–H groups in total. The molecule has 0 saturated carbocycles. The van der Waals surface area contributed by atoms with Crippen LogP contribution in [0.4, 0.5) is 0 Å². The molecule has 3 rings (SSSR count). The number of rotatable bonds is 4. The zero-order valence-electron chi connectivity index (χ0n) is 14.1. The van der Waals surface area contributed by atoms with Crippen molar-refractivity contribution >= 4 is 0 Å². The van der Waals surface area contributed by atoms with E-state index < -0.39 is 17.4 Å². The monoisotopic (exact) mass is 348 g/mol. The highest BCUT2D eigenvalue weighted by Crippen LogP contribution is 2.57. The summed E-state index contributed by atoms with van der Waals surface area (Å²) in [6.07, 6.45) is 0. The SMILES string of the molecule is COC1(O)c2c(O)cccc2OC(OC)(c2ccccc2)C1(O)OC. The van der Waals surface area contributed by atoms with E-state index in [1.165, 1.54) is 39.5 Å². The summed E-state index contributed by atoms with van der Waals surface area (Å²) < 4.78 is 22.0. The lowest BCUT2D eigenvalue weighted by Crippen LogP contribution is -2.71. The van der Waals surface area contributed by atoms with Gasteiger partial charge in [0.05, 0.1) is 0 Å². The summed E-state index contributed by atoms with van der Waals surface area (Å²) in [4.78, 5) is 0. The topological polar surface area (TPSA) is 97.6 Å². The van der Waals surface area contributed by atoms with E-state index in [2.05, 4.69) is 0 Å². The summed E-state index contributed by atoms with van der Waals surface area (Å²) in [5, 5.41) is 32.9. The van der Waals surface area contributed by atoms with Crippen LogP contribution in [0.1, 0.15) is 11.1 Å². The fourth-order valence-corrected chi connectivity index (χ4v) is 3.28. The first-order valence-electron chi connectivity index (χ1n) is 7.57. The van der Waals surface area contributed by atoms with E-state index in [0.29, 0.717) is 5.56 Å². The number of phenolic OH excluding ortho intramolecular Hbond substituents is 1. The first kappa shape index (κ1) is 17.7. The second-order valence-corrected chi connectivity index (χ2v) is 5.64. The van der Waals surface area contributed by atoms with Crippen LogP contribution < -0.4 is 4.74 Å². The molecule has 1 heterocycles. The third kappa shape index (κ3) is 2.11. The number of phenols is 1. The van der Waals surface area contributed by atoms with Crippen LogP contribution in [0, 0.1) is 0 Å². The van der Waals surface area contributed by atoms with Crippen LogP contribution in [0.15, 0.2) is 48.5 Å². The Bertz CT molecular complexity index is 765. The second kappa shape index (κ2) is 5.98. The molecule has 7 nitrogen and oxygen atoms in total. The van der Waals surface area contributed by atoms with Gasteiger partial charge in [0.2, 0.25) is 0 Å². The van der Waals surface area contributed by atoms with Gasteiger partial charge in [-0.3, -0.25) is 0 Å². The van der Waals surface area contributed by atoms with Gasteiger partial charge in [-0.05, 0) is 12.1 Å². The van der Waals surface area contributed by atoms with Crippen LogP contribution in [0.2, 0.25) is 0 Å². The standard InChI is InChI=1S/C18H20O7/c1-22-16(20)15-13(19)10-7-11-14(15)25-17(23-2,18(16,21)24-3)12-8-5-4-6-9-12/h4-11,19-21H,1-3H3. The summed E-state index contributed by atoms with van der Waals surface area (Å²) in [5.41, 5.74) is 0.219. The van der Waals surface area contributed by atoms with Crippen molar-refractivity contribution in [2.75, 3.05) is 21.3 Å². The Hall–Kier alpha value is -2.16. The minimum Gasteiger partial charge on any atom is -0.507 e. The molecule has 1 aliphatic heterocycles. The van der Waals surface area contributed by atoms with Crippen LogP contribution in [-0.4, -0.2) is 42.4 Å². The molecule has 2 aromatic rings. The highest BCUT2D eigenvalue weighted by Gasteiger charge is 2.73. The van der Waals surface area contributed by atoms with E-state index in [9.17, 15) is 15.3 Å². The Morgan fingerprint density at radius 3 is 2.08 bits per heavy atom. The Morgan fingerprint density at radius 1 is 0.840 bits per heavy atom. The molecule has 0 saturated heterocycles. The van der Waals surface area contributed by atoms with E-state index in [4.69, 9.17) is 18.9 Å². The van der Waals surface area contributed by atoms with E-state index in [1.54, 1.807) is 30.3 Å². The lowest BCUT2D eigenvalue weighted by molar-refractivity contribution is -0.481. The first-order chi connectivity index (χ1) is 11.9. The molecule has 0 bridgehead atoms. The van der Waals surface area contributed by atoms with E-state index in [-0.39, 0.29) is 17.1 Å². The Labute approximate surface area is 145 Å². The maximum atomic E-state index is 11.4. The van der Waals surface area contributed by atoms with Gasteiger partial charge in [0.1, 0.15) is 17.1 Å². The van der Waals surface area contributed by atoms with Crippen molar-refractivity contribution in [1.29, 1.82) is 0 Å². The van der Waals surface area contributed by atoms with Gasteiger partial charge in [-0.15, -0.1) is 0 Å². The average molecular weight is 348 g/mol. The number of hydrogen-bond acceptors (Lipinski definition) is 7. The van der Waals surface area contributed by atoms with E-state index >= 15 is 0 Å². The Morgan fingerprint density at radius 2 is 1.52 bits per heavy atom. The Balaban J connectivity index is 2.39. The van der Waals surface area contributed by atoms with Gasteiger partial charge in [0.15, 0.2) is 0 Å². The number of benzene rings is 2. The molecule has 7 heteroatoms. The Kier molecular flexibility index (Phi) is 4.22. The summed E-state index contributed by atoms with van der Waals surface area (Å²) in [6, 6.07) is 12.9. The van der Waals surface area contributed by atoms with Crippen LogP contribution in [0.3, 0.4) is 0 Å². The molecule has 3 unspecified atom stereocenters. The van der Waals surface area contributed by atoms with E-state index in [1.807, 2.05) is 0 Å². The largest absolute Gasteiger partial charge is 0.507 e. The maximum absolute atomic E-state index is 11.4. The fourth-order valence-electron chi connectivity index (χ4n) is 3.28. The number of hydrogen-bond donors (Lipinski definition) is 3. The van der Waals surface area contributed by atoms with Crippen molar-refractivity contribution in [3.63, 3.8) is 0 Å². The minimum absolute atomic E-state index is 0.0804. The highest BCUT2D eigenvalue weighted by atomic mass is 16.8. The van der Waals surface area contributed by atoms with Gasteiger partial charge in [0.25, 0.3) is 17.4 Å². The summed E-state index contributed by atoms with van der Waals surface area (Å²) in [5.74, 6) is -7.23. The number of methoxy groups -OCH3 is 3. The van der Waals surface area contributed by atoms with Gasteiger partial charge < -0.3 is 34.3 Å². The van der Waals surface area contributed by atoms with Gasteiger partial charge in [-0.25, -0.2) is 0 Å². The van der Waals surface area contributed by atoms with Gasteiger partial charge in [-0.2, -0.15) is 0 Å². The molecular formula is C18H20O7. The first-order valence-corrected chi connectivity index (χ1v) is 7.57. The molecule has 134 valence electrons. The molecule has 25 heavy (non-hydrogen) atoms. The van der Waals surface area contributed by atoms with Crippen molar-refractivity contribution in [3.8, 4) is 11.5 Å². The van der Waals surface area contributed by atoms with Crippen molar-refractivity contribution < 1.29 is 34.3 Å². The molecule has 0 amide bonds. The molecule has 1 aliphatic rings. The number of aliphatic hydroxyl groups is 2. The lowest BCUT2D eigenvalue weighted by Gasteiger charge is -2.54.